The first-order valence-corrected chi connectivity index (χ1v) is 8.65. The Morgan fingerprint density at radius 1 is 1.12 bits per heavy atom. The Hall–Kier alpha value is -2.34. The van der Waals surface area contributed by atoms with Gasteiger partial charge in [0.25, 0.3) is 5.91 Å². The minimum absolute atomic E-state index is 0.412. The summed E-state index contributed by atoms with van der Waals surface area (Å²) < 4.78 is 29.7. The van der Waals surface area contributed by atoms with Gasteiger partial charge in [-0.2, -0.15) is 0 Å². The lowest BCUT2D eigenvalue weighted by atomic mass is 9.86. The standard InChI is InChI=1S/C19H18F2N2OS/c1-10-22-15-9-12(5-6-16(15)25-10)23-18(24)17-13(20)7-11(8-14(17)21)19(2,3)4/h5-9H,1-4H3,(H,23,24). The summed E-state index contributed by atoms with van der Waals surface area (Å²) in [6.07, 6.45) is 0. The van der Waals surface area contributed by atoms with Gasteiger partial charge in [0.2, 0.25) is 0 Å². The van der Waals surface area contributed by atoms with Crippen LogP contribution in [-0.2, 0) is 5.41 Å². The number of hydrogen-bond donors (Lipinski definition) is 1. The molecule has 2 aromatic carbocycles. The van der Waals surface area contributed by atoms with E-state index in [2.05, 4.69) is 10.3 Å². The number of benzene rings is 2. The summed E-state index contributed by atoms with van der Waals surface area (Å²) in [7, 11) is 0. The lowest BCUT2D eigenvalue weighted by molar-refractivity contribution is 0.101. The van der Waals surface area contributed by atoms with E-state index < -0.39 is 28.5 Å². The van der Waals surface area contributed by atoms with Gasteiger partial charge in [0.15, 0.2) is 0 Å². The van der Waals surface area contributed by atoms with Gasteiger partial charge in [0.1, 0.15) is 17.2 Å². The molecule has 0 fully saturated rings. The number of thiazole rings is 1. The maximum Gasteiger partial charge on any atom is 0.261 e. The highest BCUT2D eigenvalue weighted by Crippen LogP contribution is 2.28. The number of carbonyl (C=O) groups is 1. The van der Waals surface area contributed by atoms with Crippen molar-refractivity contribution in [3.63, 3.8) is 0 Å². The van der Waals surface area contributed by atoms with Gasteiger partial charge in [-0.3, -0.25) is 4.79 Å². The van der Waals surface area contributed by atoms with Crippen LogP contribution in [0, 0.1) is 18.6 Å². The van der Waals surface area contributed by atoms with Crippen molar-refractivity contribution in [3.8, 4) is 0 Å². The molecule has 0 aliphatic heterocycles. The lowest BCUT2D eigenvalue weighted by Crippen LogP contribution is -2.18. The van der Waals surface area contributed by atoms with Crippen molar-refractivity contribution in [1.29, 1.82) is 0 Å². The third kappa shape index (κ3) is 3.54. The molecule has 0 spiro atoms. The zero-order valence-corrected chi connectivity index (χ0v) is 15.2. The van der Waals surface area contributed by atoms with Crippen molar-refractivity contribution in [2.75, 3.05) is 5.32 Å². The average molecular weight is 360 g/mol. The fraction of sp³-hybridized carbons (Fsp3) is 0.263. The molecule has 0 saturated heterocycles. The second-order valence-corrected chi connectivity index (χ2v) is 8.17. The normalized spacial score (nSPS) is 11.8. The third-order valence-electron chi connectivity index (χ3n) is 3.89. The van der Waals surface area contributed by atoms with E-state index in [1.807, 2.05) is 33.8 Å². The zero-order valence-electron chi connectivity index (χ0n) is 14.4. The summed E-state index contributed by atoms with van der Waals surface area (Å²) in [5.74, 6) is -2.55. The Morgan fingerprint density at radius 3 is 2.36 bits per heavy atom. The van der Waals surface area contributed by atoms with Gasteiger partial charge in [0.05, 0.1) is 15.2 Å². The number of aromatic nitrogens is 1. The summed E-state index contributed by atoms with van der Waals surface area (Å²) in [4.78, 5) is 16.7. The maximum absolute atomic E-state index is 14.3. The summed E-state index contributed by atoms with van der Waals surface area (Å²) in [5, 5.41) is 3.46. The number of amides is 1. The van der Waals surface area contributed by atoms with Crippen molar-refractivity contribution < 1.29 is 13.6 Å². The number of nitrogens with zero attached hydrogens (tertiary/aromatic N) is 1. The summed E-state index contributed by atoms with van der Waals surface area (Å²) in [5.41, 5.74) is 0.691. The van der Waals surface area contributed by atoms with Crippen LogP contribution in [0.5, 0.6) is 0 Å². The topological polar surface area (TPSA) is 42.0 Å². The Bertz CT molecular complexity index is 950. The monoisotopic (exact) mass is 360 g/mol. The molecule has 0 bridgehead atoms. The minimum atomic E-state index is -0.868. The number of anilines is 1. The number of nitrogens with one attached hydrogen (secondary N) is 1. The van der Waals surface area contributed by atoms with E-state index in [1.165, 1.54) is 12.1 Å². The van der Waals surface area contributed by atoms with Crippen molar-refractivity contribution in [3.05, 3.63) is 58.1 Å². The molecule has 0 unspecified atom stereocenters. The van der Waals surface area contributed by atoms with Gasteiger partial charge >= 0.3 is 0 Å². The molecule has 0 atom stereocenters. The number of aryl methyl sites for hydroxylation is 1. The molecular formula is C19H18F2N2OS. The van der Waals surface area contributed by atoms with Crippen molar-refractivity contribution in [2.24, 2.45) is 0 Å². The number of hydrogen-bond acceptors (Lipinski definition) is 3. The number of carbonyl (C=O) groups excluding carboxylic acids is 1. The van der Waals surface area contributed by atoms with Crippen LogP contribution < -0.4 is 5.32 Å². The fourth-order valence-electron chi connectivity index (χ4n) is 2.54. The molecule has 1 N–H and O–H groups in total. The van der Waals surface area contributed by atoms with Gasteiger partial charge in [0, 0.05) is 5.69 Å². The van der Waals surface area contributed by atoms with E-state index in [1.54, 1.807) is 23.5 Å². The molecule has 130 valence electrons. The first-order chi connectivity index (χ1) is 11.6. The Morgan fingerprint density at radius 2 is 1.76 bits per heavy atom. The molecule has 3 rings (SSSR count). The van der Waals surface area contributed by atoms with E-state index >= 15 is 0 Å². The summed E-state index contributed by atoms with van der Waals surface area (Å²) in [6, 6.07) is 7.63. The SMILES string of the molecule is Cc1nc2cc(NC(=O)c3c(F)cc(C(C)(C)C)cc3F)ccc2s1. The summed E-state index contributed by atoms with van der Waals surface area (Å²) >= 11 is 1.54. The quantitative estimate of drug-likeness (QED) is 0.662. The molecule has 3 nitrogen and oxygen atoms in total. The second-order valence-electron chi connectivity index (χ2n) is 6.93. The highest BCUT2D eigenvalue weighted by Gasteiger charge is 2.23. The van der Waals surface area contributed by atoms with Crippen LogP contribution in [0.2, 0.25) is 0 Å². The van der Waals surface area contributed by atoms with E-state index in [9.17, 15) is 13.6 Å². The first-order valence-electron chi connectivity index (χ1n) is 7.83. The van der Waals surface area contributed by atoms with Crippen LogP contribution in [0.1, 0.15) is 41.7 Å². The van der Waals surface area contributed by atoms with Gasteiger partial charge in [-0.1, -0.05) is 20.8 Å². The number of halogens is 2. The average Bonchev–Trinajstić information content (AvgIpc) is 2.84. The molecule has 6 heteroatoms. The highest BCUT2D eigenvalue weighted by atomic mass is 32.1. The smallest absolute Gasteiger partial charge is 0.261 e. The molecule has 1 aromatic heterocycles. The summed E-state index contributed by atoms with van der Waals surface area (Å²) in [6.45, 7) is 7.45. The zero-order chi connectivity index (χ0) is 18.4. The molecule has 1 heterocycles. The molecule has 0 radical (unpaired) electrons. The van der Waals surface area contributed by atoms with E-state index in [-0.39, 0.29) is 0 Å². The molecule has 0 aliphatic rings. The van der Waals surface area contributed by atoms with Crippen LogP contribution >= 0.6 is 11.3 Å². The van der Waals surface area contributed by atoms with E-state index in [0.717, 1.165) is 15.2 Å². The number of rotatable bonds is 2. The Balaban J connectivity index is 1.92. The van der Waals surface area contributed by atoms with Gasteiger partial charge < -0.3 is 5.32 Å². The number of fused-ring (bicyclic) bond motifs is 1. The molecule has 0 saturated carbocycles. The predicted molar refractivity (Wildman–Crippen MR) is 97.4 cm³/mol. The van der Waals surface area contributed by atoms with Gasteiger partial charge in [-0.25, -0.2) is 13.8 Å². The lowest BCUT2D eigenvalue weighted by Gasteiger charge is -2.20. The van der Waals surface area contributed by atoms with E-state index in [4.69, 9.17) is 0 Å². The van der Waals surface area contributed by atoms with Crippen LogP contribution in [0.25, 0.3) is 10.2 Å². The van der Waals surface area contributed by atoms with Crippen molar-refractivity contribution in [1.82, 2.24) is 4.98 Å². The second kappa shape index (κ2) is 6.19. The molecule has 3 aromatic rings. The first kappa shape index (κ1) is 17.5. The van der Waals surface area contributed by atoms with Crippen LogP contribution in [0.15, 0.2) is 30.3 Å². The molecular weight excluding hydrogens is 342 g/mol. The van der Waals surface area contributed by atoms with Gasteiger partial charge in [-0.05, 0) is 48.2 Å². The van der Waals surface area contributed by atoms with Crippen LogP contribution in [0.4, 0.5) is 14.5 Å². The molecule has 1 amide bonds. The maximum atomic E-state index is 14.3. The van der Waals surface area contributed by atoms with Crippen LogP contribution in [-0.4, -0.2) is 10.9 Å². The van der Waals surface area contributed by atoms with Crippen LogP contribution in [0.3, 0.4) is 0 Å². The Kier molecular flexibility index (Phi) is 4.33. The van der Waals surface area contributed by atoms with Gasteiger partial charge in [-0.15, -0.1) is 11.3 Å². The molecule has 25 heavy (non-hydrogen) atoms. The Labute approximate surface area is 148 Å². The van der Waals surface area contributed by atoms with Crippen molar-refractivity contribution >= 4 is 33.1 Å². The van der Waals surface area contributed by atoms with E-state index in [0.29, 0.717) is 11.3 Å². The third-order valence-corrected chi connectivity index (χ3v) is 4.84. The highest BCUT2D eigenvalue weighted by molar-refractivity contribution is 7.18. The van der Waals surface area contributed by atoms with Crippen molar-refractivity contribution in [2.45, 2.75) is 33.1 Å². The molecule has 0 aliphatic carbocycles. The predicted octanol–water partition coefficient (Wildman–Crippen LogP) is 5.43. The minimum Gasteiger partial charge on any atom is -0.322 e. The largest absolute Gasteiger partial charge is 0.322 e. The fourth-order valence-corrected chi connectivity index (χ4v) is 3.34.